The smallest absolute Gasteiger partial charge is 0.337 e. The van der Waals surface area contributed by atoms with Gasteiger partial charge in [0, 0.05) is 11.9 Å². The summed E-state index contributed by atoms with van der Waals surface area (Å²) in [4.78, 5) is 15.0. The lowest BCUT2D eigenvalue weighted by Crippen LogP contribution is -2.07. The predicted octanol–water partition coefficient (Wildman–Crippen LogP) is 1.14. The summed E-state index contributed by atoms with van der Waals surface area (Å²) >= 11 is 0. The number of pyridine rings is 1. The number of fused-ring (bicyclic) bond motifs is 1. The quantitative estimate of drug-likeness (QED) is 0.717. The van der Waals surface area contributed by atoms with Gasteiger partial charge in [-0.15, -0.1) is 0 Å². The highest BCUT2D eigenvalue weighted by Gasteiger charge is 2.23. The van der Waals surface area contributed by atoms with Crippen molar-refractivity contribution in [1.29, 1.82) is 5.26 Å². The molecule has 0 radical (unpaired) electrons. The Morgan fingerprint density at radius 3 is 3.00 bits per heavy atom. The molecule has 0 fully saturated rings. The molecule has 4 nitrogen and oxygen atoms in total. The average Bonchev–Trinajstić information content (AvgIpc) is 2.62. The minimum atomic E-state index is -1.03. The molecule has 1 aliphatic rings. The van der Waals surface area contributed by atoms with Crippen LogP contribution in [0, 0.1) is 11.3 Å². The molecule has 0 saturated carbocycles. The van der Waals surface area contributed by atoms with Crippen LogP contribution in [0.15, 0.2) is 6.20 Å². The van der Waals surface area contributed by atoms with Crippen LogP contribution >= 0.6 is 0 Å². The van der Waals surface area contributed by atoms with Crippen LogP contribution in [-0.2, 0) is 12.8 Å². The Morgan fingerprint density at radius 2 is 2.36 bits per heavy atom. The molecule has 0 aromatic carbocycles. The molecular weight excluding hydrogens is 180 g/mol. The van der Waals surface area contributed by atoms with Crippen molar-refractivity contribution in [3.63, 3.8) is 0 Å². The van der Waals surface area contributed by atoms with E-state index in [-0.39, 0.29) is 11.1 Å². The second kappa shape index (κ2) is 3.11. The SMILES string of the molecule is N#Cc1cnc2c(c1C(=O)O)CCC2. The second-order valence-electron chi connectivity index (χ2n) is 3.24. The van der Waals surface area contributed by atoms with Crippen molar-refractivity contribution < 1.29 is 9.90 Å². The van der Waals surface area contributed by atoms with Crippen LogP contribution in [-0.4, -0.2) is 16.1 Å². The van der Waals surface area contributed by atoms with Crippen LogP contribution in [0.4, 0.5) is 0 Å². The summed E-state index contributed by atoms with van der Waals surface area (Å²) in [6, 6.07) is 1.86. The van der Waals surface area contributed by atoms with Gasteiger partial charge in [0.05, 0.1) is 11.1 Å². The number of hydrogen-bond acceptors (Lipinski definition) is 3. The number of rotatable bonds is 1. The second-order valence-corrected chi connectivity index (χ2v) is 3.24. The summed E-state index contributed by atoms with van der Waals surface area (Å²) in [6.45, 7) is 0. The number of hydrogen-bond donors (Lipinski definition) is 1. The Kier molecular flexibility index (Phi) is 1.93. The molecule has 1 N–H and O–H groups in total. The lowest BCUT2D eigenvalue weighted by Gasteiger charge is -2.04. The van der Waals surface area contributed by atoms with Crippen LogP contribution in [0.5, 0.6) is 0 Å². The largest absolute Gasteiger partial charge is 0.478 e. The van der Waals surface area contributed by atoms with Crippen molar-refractivity contribution in [2.24, 2.45) is 0 Å². The van der Waals surface area contributed by atoms with Crippen molar-refractivity contribution in [2.75, 3.05) is 0 Å². The number of carboxylic acids is 1. The number of nitrogens with zero attached hydrogens (tertiary/aromatic N) is 2. The number of aromatic nitrogens is 1. The van der Waals surface area contributed by atoms with Crippen LogP contribution in [0.25, 0.3) is 0 Å². The molecule has 0 saturated heterocycles. The van der Waals surface area contributed by atoms with Crippen LogP contribution < -0.4 is 0 Å². The fraction of sp³-hybridized carbons (Fsp3) is 0.300. The van der Waals surface area contributed by atoms with Crippen molar-refractivity contribution in [2.45, 2.75) is 19.3 Å². The molecule has 14 heavy (non-hydrogen) atoms. The monoisotopic (exact) mass is 188 g/mol. The summed E-state index contributed by atoms with van der Waals surface area (Å²) in [7, 11) is 0. The van der Waals surface area contributed by atoms with E-state index in [1.807, 2.05) is 6.07 Å². The van der Waals surface area contributed by atoms with Gasteiger partial charge >= 0.3 is 5.97 Å². The lowest BCUT2D eigenvalue weighted by atomic mass is 10.0. The molecule has 70 valence electrons. The van der Waals surface area contributed by atoms with Gasteiger partial charge in [0.2, 0.25) is 0 Å². The van der Waals surface area contributed by atoms with Crippen LogP contribution in [0.3, 0.4) is 0 Å². The number of carbonyl (C=O) groups is 1. The third kappa shape index (κ3) is 1.14. The zero-order valence-corrected chi connectivity index (χ0v) is 7.45. The normalized spacial score (nSPS) is 13.4. The molecule has 1 aromatic heterocycles. The third-order valence-corrected chi connectivity index (χ3v) is 2.44. The molecule has 1 heterocycles. The summed E-state index contributed by atoms with van der Waals surface area (Å²) in [5, 5.41) is 17.7. The predicted molar refractivity (Wildman–Crippen MR) is 47.9 cm³/mol. The molecule has 1 aromatic rings. The van der Waals surface area contributed by atoms with Gasteiger partial charge in [-0.3, -0.25) is 4.98 Å². The number of aromatic carboxylic acids is 1. The van der Waals surface area contributed by atoms with E-state index in [1.54, 1.807) is 0 Å². The fourth-order valence-corrected chi connectivity index (χ4v) is 1.84. The molecule has 0 aliphatic heterocycles. The molecule has 1 aliphatic carbocycles. The Labute approximate surface area is 80.8 Å². The maximum absolute atomic E-state index is 11.0. The molecule has 0 atom stereocenters. The van der Waals surface area contributed by atoms with Crippen molar-refractivity contribution in [3.8, 4) is 6.07 Å². The van der Waals surface area contributed by atoms with Crippen molar-refractivity contribution in [1.82, 2.24) is 4.98 Å². The minimum Gasteiger partial charge on any atom is -0.478 e. The fourth-order valence-electron chi connectivity index (χ4n) is 1.84. The van der Waals surface area contributed by atoms with Crippen LogP contribution in [0.1, 0.15) is 33.6 Å². The van der Waals surface area contributed by atoms with E-state index in [9.17, 15) is 4.79 Å². The van der Waals surface area contributed by atoms with Crippen molar-refractivity contribution >= 4 is 5.97 Å². The first-order valence-corrected chi connectivity index (χ1v) is 4.38. The first-order valence-electron chi connectivity index (χ1n) is 4.38. The minimum absolute atomic E-state index is 0.148. The highest BCUT2D eigenvalue weighted by atomic mass is 16.4. The van der Waals surface area contributed by atoms with Gasteiger partial charge in [0.15, 0.2) is 0 Å². The van der Waals surface area contributed by atoms with Gasteiger partial charge in [-0.25, -0.2) is 4.79 Å². The van der Waals surface area contributed by atoms with E-state index < -0.39 is 5.97 Å². The summed E-state index contributed by atoms with van der Waals surface area (Å²) in [5.74, 6) is -1.03. The maximum atomic E-state index is 11.0. The van der Waals surface area contributed by atoms with E-state index in [2.05, 4.69) is 4.98 Å². The standard InChI is InChI=1S/C10H8N2O2/c11-4-6-5-12-8-3-1-2-7(8)9(6)10(13)14/h5H,1-3H2,(H,13,14). The summed E-state index contributed by atoms with van der Waals surface area (Å²) in [6.07, 6.45) is 3.83. The highest BCUT2D eigenvalue weighted by Crippen LogP contribution is 2.25. The molecule has 2 rings (SSSR count). The first-order chi connectivity index (χ1) is 6.74. The Bertz CT molecular complexity index is 446. The summed E-state index contributed by atoms with van der Waals surface area (Å²) in [5.41, 5.74) is 1.89. The molecule has 0 amide bonds. The first kappa shape index (κ1) is 8.70. The molecule has 4 heteroatoms. The van der Waals surface area contributed by atoms with Gasteiger partial charge in [-0.2, -0.15) is 5.26 Å². The molecule has 0 unspecified atom stereocenters. The van der Waals surface area contributed by atoms with Gasteiger partial charge in [0.25, 0.3) is 0 Å². The van der Waals surface area contributed by atoms with Gasteiger partial charge in [-0.1, -0.05) is 0 Å². The number of aryl methyl sites for hydroxylation is 1. The lowest BCUT2D eigenvalue weighted by molar-refractivity contribution is 0.0695. The molecule has 0 bridgehead atoms. The average molecular weight is 188 g/mol. The van der Waals surface area contributed by atoms with Crippen LogP contribution in [0.2, 0.25) is 0 Å². The number of carboxylic acid groups (broad SMARTS) is 1. The van der Waals surface area contributed by atoms with Gasteiger partial charge in [0.1, 0.15) is 6.07 Å². The van der Waals surface area contributed by atoms with E-state index in [4.69, 9.17) is 10.4 Å². The Hall–Kier alpha value is -1.89. The van der Waals surface area contributed by atoms with Gasteiger partial charge in [-0.05, 0) is 24.8 Å². The molecule has 0 spiro atoms. The zero-order valence-electron chi connectivity index (χ0n) is 7.45. The van der Waals surface area contributed by atoms with Gasteiger partial charge < -0.3 is 5.11 Å². The topological polar surface area (TPSA) is 74.0 Å². The highest BCUT2D eigenvalue weighted by molar-refractivity contribution is 5.92. The number of nitriles is 1. The third-order valence-electron chi connectivity index (χ3n) is 2.44. The maximum Gasteiger partial charge on any atom is 0.337 e. The van der Waals surface area contributed by atoms with E-state index >= 15 is 0 Å². The zero-order chi connectivity index (χ0) is 10.1. The summed E-state index contributed by atoms with van der Waals surface area (Å²) < 4.78 is 0. The molecular formula is C10H8N2O2. The van der Waals surface area contributed by atoms with E-state index in [1.165, 1.54) is 6.20 Å². The van der Waals surface area contributed by atoms with E-state index in [0.29, 0.717) is 0 Å². The van der Waals surface area contributed by atoms with E-state index in [0.717, 1.165) is 30.5 Å². The Balaban J connectivity index is 2.70. The Morgan fingerprint density at radius 1 is 1.57 bits per heavy atom. The van der Waals surface area contributed by atoms with Crippen molar-refractivity contribution in [3.05, 3.63) is 28.6 Å².